The molecule has 1 saturated heterocycles. The molecule has 2 aliphatic rings. The summed E-state index contributed by atoms with van der Waals surface area (Å²) >= 11 is 0. The largest absolute Gasteiger partial charge is 0.387 e. The number of aryl methyl sites for hydroxylation is 2. The zero-order chi connectivity index (χ0) is 17.1. The van der Waals surface area contributed by atoms with Gasteiger partial charge in [0.2, 0.25) is 0 Å². The topological polar surface area (TPSA) is 26.7 Å². The number of hydrogen-bond acceptors (Lipinski definition) is 3. The van der Waals surface area contributed by atoms with E-state index in [4.69, 9.17) is 0 Å². The van der Waals surface area contributed by atoms with Gasteiger partial charge in [-0.05, 0) is 41.5 Å². The van der Waals surface area contributed by atoms with Gasteiger partial charge in [-0.1, -0.05) is 48.5 Å². The first-order valence-electron chi connectivity index (χ1n) is 9.56. The second-order valence-electron chi connectivity index (χ2n) is 7.46. The van der Waals surface area contributed by atoms with Crippen LogP contribution in [0.4, 0.5) is 0 Å². The van der Waals surface area contributed by atoms with E-state index >= 15 is 0 Å². The fourth-order valence-electron chi connectivity index (χ4n) is 4.12. The third kappa shape index (κ3) is 4.12. The van der Waals surface area contributed by atoms with Crippen LogP contribution in [0.3, 0.4) is 0 Å². The van der Waals surface area contributed by atoms with Crippen LogP contribution in [-0.2, 0) is 19.4 Å². The van der Waals surface area contributed by atoms with Crippen LogP contribution >= 0.6 is 0 Å². The van der Waals surface area contributed by atoms with Crippen LogP contribution in [0.25, 0.3) is 0 Å². The van der Waals surface area contributed by atoms with Gasteiger partial charge in [-0.25, -0.2) is 0 Å². The molecule has 1 heterocycles. The highest BCUT2D eigenvalue weighted by atomic mass is 16.3. The third-order valence-corrected chi connectivity index (χ3v) is 5.65. The highest BCUT2D eigenvalue weighted by molar-refractivity contribution is 5.36. The second kappa shape index (κ2) is 7.69. The average Bonchev–Trinajstić information content (AvgIpc) is 3.12. The van der Waals surface area contributed by atoms with Crippen molar-refractivity contribution in [3.05, 3.63) is 70.8 Å². The first kappa shape index (κ1) is 16.8. The lowest BCUT2D eigenvalue weighted by atomic mass is 10.0. The van der Waals surface area contributed by atoms with E-state index in [9.17, 15) is 5.11 Å². The van der Waals surface area contributed by atoms with E-state index in [0.717, 1.165) is 44.8 Å². The molecule has 132 valence electrons. The van der Waals surface area contributed by atoms with Crippen molar-refractivity contribution >= 4 is 0 Å². The number of piperazine rings is 1. The average molecular weight is 336 g/mol. The van der Waals surface area contributed by atoms with E-state index < -0.39 is 0 Å². The van der Waals surface area contributed by atoms with Crippen LogP contribution in [-0.4, -0.2) is 47.6 Å². The quantitative estimate of drug-likeness (QED) is 0.909. The number of aliphatic hydroxyl groups is 1. The molecule has 1 aliphatic heterocycles. The van der Waals surface area contributed by atoms with Crippen molar-refractivity contribution in [2.24, 2.45) is 0 Å². The Morgan fingerprint density at radius 3 is 2.36 bits per heavy atom. The highest BCUT2D eigenvalue weighted by Gasteiger charge is 2.21. The van der Waals surface area contributed by atoms with E-state index in [-0.39, 0.29) is 6.10 Å². The number of hydrogen-bond donors (Lipinski definition) is 1. The van der Waals surface area contributed by atoms with Gasteiger partial charge in [0.15, 0.2) is 0 Å². The SMILES string of the molecule is OC(CN1CCN(Cc2ccccc2)CC1)c1ccc2c(c1)CCC2. The first-order chi connectivity index (χ1) is 12.3. The number of nitrogens with zero attached hydrogens (tertiary/aromatic N) is 2. The van der Waals surface area contributed by atoms with Gasteiger partial charge in [-0.3, -0.25) is 9.80 Å². The van der Waals surface area contributed by atoms with Crippen molar-refractivity contribution in [3.63, 3.8) is 0 Å². The molecule has 1 fully saturated rings. The Morgan fingerprint density at radius 2 is 1.56 bits per heavy atom. The summed E-state index contributed by atoms with van der Waals surface area (Å²) in [4.78, 5) is 4.91. The molecule has 1 N–H and O–H groups in total. The summed E-state index contributed by atoms with van der Waals surface area (Å²) < 4.78 is 0. The summed E-state index contributed by atoms with van der Waals surface area (Å²) in [6.45, 7) is 6.00. The maximum Gasteiger partial charge on any atom is 0.0917 e. The molecular formula is C22H28N2O. The predicted molar refractivity (Wildman–Crippen MR) is 102 cm³/mol. The molecule has 1 unspecified atom stereocenters. The van der Waals surface area contributed by atoms with Crippen molar-refractivity contribution < 1.29 is 5.11 Å². The number of benzene rings is 2. The van der Waals surface area contributed by atoms with Crippen molar-refractivity contribution in [2.45, 2.75) is 31.9 Å². The van der Waals surface area contributed by atoms with Crippen LogP contribution in [0.1, 0.15) is 34.8 Å². The third-order valence-electron chi connectivity index (χ3n) is 5.65. The molecule has 1 atom stereocenters. The Labute approximate surface area is 150 Å². The second-order valence-corrected chi connectivity index (χ2v) is 7.46. The number of rotatable bonds is 5. The van der Waals surface area contributed by atoms with Crippen LogP contribution in [0.15, 0.2) is 48.5 Å². The summed E-state index contributed by atoms with van der Waals surface area (Å²) in [5.74, 6) is 0. The molecule has 0 amide bonds. The lowest BCUT2D eigenvalue weighted by Crippen LogP contribution is -2.47. The fourth-order valence-corrected chi connectivity index (χ4v) is 4.12. The molecular weight excluding hydrogens is 308 g/mol. The summed E-state index contributed by atoms with van der Waals surface area (Å²) in [5, 5.41) is 10.6. The van der Waals surface area contributed by atoms with Gasteiger partial charge in [-0.15, -0.1) is 0 Å². The van der Waals surface area contributed by atoms with Crippen LogP contribution in [0, 0.1) is 0 Å². The zero-order valence-electron chi connectivity index (χ0n) is 14.9. The van der Waals surface area contributed by atoms with Gasteiger partial charge < -0.3 is 5.11 Å². The molecule has 0 aromatic heterocycles. The van der Waals surface area contributed by atoms with E-state index in [0.29, 0.717) is 0 Å². The summed E-state index contributed by atoms with van der Waals surface area (Å²) in [6.07, 6.45) is 3.27. The maximum absolute atomic E-state index is 10.6. The molecule has 0 spiro atoms. The lowest BCUT2D eigenvalue weighted by molar-refractivity contribution is 0.0701. The molecule has 25 heavy (non-hydrogen) atoms. The molecule has 3 heteroatoms. The van der Waals surface area contributed by atoms with Gasteiger partial charge in [0.05, 0.1) is 6.10 Å². The summed E-state index contributed by atoms with van der Waals surface area (Å²) in [6, 6.07) is 17.3. The van der Waals surface area contributed by atoms with Crippen LogP contribution < -0.4 is 0 Å². The van der Waals surface area contributed by atoms with E-state index in [2.05, 4.69) is 58.3 Å². The lowest BCUT2D eigenvalue weighted by Gasteiger charge is -2.35. The van der Waals surface area contributed by atoms with Gasteiger partial charge in [-0.2, -0.15) is 0 Å². The van der Waals surface area contributed by atoms with Gasteiger partial charge in [0, 0.05) is 39.3 Å². The molecule has 2 aromatic rings. The molecule has 4 rings (SSSR count). The van der Waals surface area contributed by atoms with Crippen LogP contribution in [0.5, 0.6) is 0 Å². The molecule has 2 aromatic carbocycles. The van der Waals surface area contributed by atoms with Crippen LogP contribution in [0.2, 0.25) is 0 Å². The van der Waals surface area contributed by atoms with E-state index in [1.807, 2.05) is 0 Å². The zero-order valence-corrected chi connectivity index (χ0v) is 14.9. The van der Waals surface area contributed by atoms with Gasteiger partial charge >= 0.3 is 0 Å². The monoisotopic (exact) mass is 336 g/mol. The summed E-state index contributed by atoms with van der Waals surface area (Å²) in [7, 11) is 0. The number of aliphatic hydroxyl groups excluding tert-OH is 1. The van der Waals surface area contributed by atoms with Crippen molar-refractivity contribution in [2.75, 3.05) is 32.7 Å². The molecule has 0 radical (unpaired) electrons. The van der Waals surface area contributed by atoms with Crippen molar-refractivity contribution in [1.29, 1.82) is 0 Å². The molecule has 1 aliphatic carbocycles. The Morgan fingerprint density at radius 1 is 0.840 bits per heavy atom. The molecule has 3 nitrogen and oxygen atoms in total. The Balaban J connectivity index is 1.28. The molecule has 0 bridgehead atoms. The Hall–Kier alpha value is -1.68. The van der Waals surface area contributed by atoms with Crippen molar-refractivity contribution in [1.82, 2.24) is 9.80 Å². The predicted octanol–water partition coefficient (Wildman–Crippen LogP) is 3.03. The van der Waals surface area contributed by atoms with Gasteiger partial charge in [0.25, 0.3) is 0 Å². The van der Waals surface area contributed by atoms with E-state index in [1.165, 1.54) is 36.0 Å². The van der Waals surface area contributed by atoms with Gasteiger partial charge in [0.1, 0.15) is 0 Å². The minimum Gasteiger partial charge on any atom is -0.387 e. The Kier molecular flexibility index (Phi) is 5.16. The smallest absolute Gasteiger partial charge is 0.0917 e. The normalized spacial score (nSPS) is 19.7. The molecule has 0 saturated carbocycles. The minimum absolute atomic E-state index is 0.369. The standard InChI is InChI=1S/C22H28N2O/c25-22(21-10-9-19-7-4-8-20(19)15-21)17-24-13-11-23(12-14-24)16-18-5-2-1-3-6-18/h1-3,5-6,9-10,15,22,25H,4,7-8,11-14,16-17H2. The minimum atomic E-state index is -0.369. The maximum atomic E-state index is 10.6. The fraction of sp³-hybridized carbons (Fsp3) is 0.455. The Bertz CT molecular complexity index is 692. The first-order valence-corrected chi connectivity index (χ1v) is 9.56. The number of β-amino-alcohol motifs (C(OH)–C–C–N with tert-alkyl or cyclic N) is 1. The summed E-state index contributed by atoms with van der Waals surface area (Å²) in [5.41, 5.74) is 5.40. The number of fused-ring (bicyclic) bond motifs is 1. The highest BCUT2D eigenvalue weighted by Crippen LogP contribution is 2.26. The van der Waals surface area contributed by atoms with E-state index in [1.54, 1.807) is 0 Å². The van der Waals surface area contributed by atoms with Crippen molar-refractivity contribution in [3.8, 4) is 0 Å².